The fraction of sp³-hybridized carbons (Fsp3) is 0.235. The molecule has 1 amide bonds. The molecule has 4 nitrogen and oxygen atoms in total. The lowest BCUT2D eigenvalue weighted by Gasteiger charge is -2.26. The van der Waals surface area contributed by atoms with E-state index in [0.29, 0.717) is 5.56 Å². The highest BCUT2D eigenvalue weighted by molar-refractivity contribution is 9.10. The number of benzene rings is 2. The molecule has 0 fully saturated rings. The first-order valence-corrected chi connectivity index (χ1v) is 9.72. The van der Waals surface area contributed by atoms with Gasteiger partial charge in [0.05, 0.1) is 16.5 Å². The third-order valence-electron chi connectivity index (χ3n) is 3.80. The molecule has 0 saturated heterocycles. The van der Waals surface area contributed by atoms with Gasteiger partial charge in [-0.05, 0) is 52.7 Å². The second-order valence-corrected chi connectivity index (χ2v) is 8.28. The Labute approximate surface area is 145 Å². The Bertz CT molecular complexity index is 816. The van der Waals surface area contributed by atoms with E-state index in [2.05, 4.69) is 15.9 Å². The summed E-state index contributed by atoms with van der Waals surface area (Å²) in [7, 11) is -1.48. The van der Waals surface area contributed by atoms with Crippen molar-refractivity contribution in [1.82, 2.24) is 4.90 Å². The van der Waals surface area contributed by atoms with Crippen molar-refractivity contribution in [2.75, 3.05) is 13.3 Å². The molecular formula is C17H18BrNO3S. The second kappa shape index (κ2) is 6.84. The van der Waals surface area contributed by atoms with E-state index in [0.717, 1.165) is 10.0 Å². The molecule has 2 rings (SSSR count). The Morgan fingerprint density at radius 3 is 2.17 bits per heavy atom. The minimum atomic E-state index is -3.22. The van der Waals surface area contributed by atoms with Crippen LogP contribution in [0, 0.1) is 0 Å². The maximum Gasteiger partial charge on any atom is 0.255 e. The molecule has 23 heavy (non-hydrogen) atoms. The van der Waals surface area contributed by atoms with Crippen molar-refractivity contribution in [3.8, 4) is 0 Å². The Morgan fingerprint density at radius 1 is 1.09 bits per heavy atom. The summed E-state index contributed by atoms with van der Waals surface area (Å²) in [5.41, 5.74) is 1.47. The van der Waals surface area contributed by atoms with Gasteiger partial charge in [0.1, 0.15) is 0 Å². The third kappa shape index (κ3) is 4.00. The van der Waals surface area contributed by atoms with Crippen molar-refractivity contribution in [3.05, 3.63) is 64.1 Å². The van der Waals surface area contributed by atoms with E-state index in [1.54, 1.807) is 42.3 Å². The van der Waals surface area contributed by atoms with E-state index in [4.69, 9.17) is 0 Å². The van der Waals surface area contributed by atoms with Gasteiger partial charge in [-0.3, -0.25) is 4.79 Å². The summed E-state index contributed by atoms with van der Waals surface area (Å²) in [6.07, 6.45) is 1.17. The van der Waals surface area contributed by atoms with Crippen LogP contribution in [0.5, 0.6) is 0 Å². The zero-order valence-corrected chi connectivity index (χ0v) is 15.6. The van der Waals surface area contributed by atoms with Gasteiger partial charge in [0.25, 0.3) is 5.91 Å². The minimum Gasteiger partial charge on any atom is -0.335 e. The van der Waals surface area contributed by atoms with E-state index < -0.39 is 9.84 Å². The van der Waals surface area contributed by atoms with Gasteiger partial charge in [0.2, 0.25) is 0 Å². The molecule has 0 aromatic heterocycles. The van der Waals surface area contributed by atoms with E-state index in [9.17, 15) is 13.2 Å². The summed E-state index contributed by atoms with van der Waals surface area (Å²) in [5.74, 6) is -0.0998. The lowest BCUT2D eigenvalue weighted by Crippen LogP contribution is -2.29. The summed E-state index contributed by atoms with van der Waals surface area (Å²) < 4.78 is 23.8. The first kappa shape index (κ1) is 17.7. The number of hydrogen-bond donors (Lipinski definition) is 0. The SMILES string of the molecule is CC(c1ccc(S(C)(=O)=O)cc1)N(C)C(=O)c1ccccc1Br. The van der Waals surface area contributed by atoms with Gasteiger partial charge >= 0.3 is 0 Å². The Kier molecular flexibility index (Phi) is 5.26. The van der Waals surface area contributed by atoms with Gasteiger partial charge in [0.15, 0.2) is 9.84 Å². The van der Waals surface area contributed by atoms with Crippen LogP contribution in [0.25, 0.3) is 0 Å². The monoisotopic (exact) mass is 395 g/mol. The summed E-state index contributed by atoms with van der Waals surface area (Å²) in [5, 5.41) is 0. The Balaban J connectivity index is 2.24. The molecule has 0 spiro atoms. The standard InChI is InChI=1S/C17H18BrNO3S/c1-12(13-8-10-14(11-9-13)23(3,21)22)19(2)17(20)15-6-4-5-7-16(15)18/h4-12H,1-3H3. The van der Waals surface area contributed by atoms with Crippen LogP contribution in [0.2, 0.25) is 0 Å². The molecule has 0 heterocycles. The molecule has 0 aliphatic heterocycles. The number of hydrogen-bond acceptors (Lipinski definition) is 3. The van der Waals surface area contributed by atoms with Crippen molar-refractivity contribution >= 4 is 31.7 Å². The highest BCUT2D eigenvalue weighted by Crippen LogP contribution is 2.24. The maximum atomic E-state index is 12.6. The molecule has 6 heteroatoms. The minimum absolute atomic E-state index is 0.0998. The van der Waals surface area contributed by atoms with Crippen LogP contribution in [0.4, 0.5) is 0 Å². The predicted molar refractivity (Wildman–Crippen MR) is 94.2 cm³/mol. The van der Waals surface area contributed by atoms with Crippen LogP contribution in [-0.2, 0) is 9.84 Å². The van der Waals surface area contributed by atoms with Gasteiger partial charge in [-0.2, -0.15) is 0 Å². The van der Waals surface area contributed by atoms with Gasteiger partial charge in [0, 0.05) is 17.8 Å². The van der Waals surface area contributed by atoms with Crippen molar-refractivity contribution in [2.24, 2.45) is 0 Å². The molecule has 1 unspecified atom stereocenters. The summed E-state index contributed by atoms with van der Waals surface area (Å²) >= 11 is 3.39. The molecule has 0 aliphatic rings. The largest absolute Gasteiger partial charge is 0.335 e. The van der Waals surface area contributed by atoms with Crippen molar-refractivity contribution in [2.45, 2.75) is 17.9 Å². The molecule has 0 radical (unpaired) electrons. The quantitative estimate of drug-likeness (QED) is 0.792. The van der Waals surface area contributed by atoms with Crippen LogP contribution >= 0.6 is 15.9 Å². The van der Waals surface area contributed by atoms with Crippen LogP contribution < -0.4 is 0 Å². The van der Waals surface area contributed by atoms with Crippen molar-refractivity contribution < 1.29 is 13.2 Å². The van der Waals surface area contributed by atoms with Crippen molar-refractivity contribution in [3.63, 3.8) is 0 Å². The number of amides is 1. The number of rotatable bonds is 4. The first-order chi connectivity index (χ1) is 10.7. The molecule has 2 aromatic carbocycles. The van der Waals surface area contributed by atoms with E-state index >= 15 is 0 Å². The lowest BCUT2D eigenvalue weighted by molar-refractivity contribution is 0.0741. The van der Waals surface area contributed by atoms with Crippen molar-refractivity contribution in [1.29, 1.82) is 0 Å². The Hall–Kier alpha value is -1.66. The molecule has 0 N–H and O–H groups in total. The fourth-order valence-corrected chi connectivity index (χ4v) is 3.30. The number of nitrogens with zero attached hydrogens (tertiary/aromatic N) is 1. The zero-order chi connectivity index (χ0) is 17.2. The van der Waals surface area contributed by atoms with Gasteiger partial charge in [-0.1, -0.05) is 24.3 Å². The van der Waals surface area contributed by atoms with E-state index in [1.165, 1.54) is 6.26 Å². The smallest absolute Gasteiger partial charge is 0.255 e. The zero-order valence-electron chi connectivity index (χ0n) is 13.2. The van der Waals surface area contributed by atoms with E-state index in [1.807, 2.05) is 25.1 Å². The number of sulfone groups is 1. The predicted octanol–water partition coefficient (Wildman–Crippen LogP) is 3.69. The average Bonchev–Trinajstić information content (AvgIpc) is 2.52. The molecule has 0 saturated carbocycles. The first-order valence-electron chi connectivity index (χ1n) is 7.03. The molecule has 1 atom stereocenters. The van der Waals surface area contributed by atoms with Gasteiger partial charge in [-0.15, -0.1) is 0 Å². The number of carbonyl (C=O) groups is 1. The molecule has 0 bridgehead atoms. The number of carbonyl (C=O) groups excluding carboxylic acids is 1. The normalized spacial score (nSPS) is 12.7. The maximum absolute atomic E-state index is 12.6. The van der Waals surface area contributed by atoms with E-state index in [-0.39, 0.29) is 16.8 Å². The van der Waals surface area contributed by atoms with Crippen LogP contribution in [-0.4, -0.2) is 32.5 Å². The lowest BCUT2D eigenvalue weighted by atomic mass is 10.1. The summed E-state index contributed by atoms with van der Waals surface area (Å²) in [6, 6.07) is 13.7. The summed E-state index contributed by atoms with van der Waals surface area (Å²) in [6.45, 7) is 1.91. The fourth-order valence-electron chi connectivity index (χ4n) is 2.22. The van der Waals surface area contributed by atoms with Crippen LogP contribution in [0.1, 0.15) is 28.9 Å². The molecular weight excluding hydrogens is 378 g/mol. The number of halogens is 1. The topological polar surface area (TPSA) is 54.5 Å². The second-order valence-electron chi connectivity index (χ2n) is 5.41. The molecule has 0 aliphatic carbocycles. The Morgan fingerprint density at radius 2 is 1.65 bits per heavy atom. The van der Waals surface area contributed by atoms with Crippen LogP contribution in [0.3, 0.4) is 0 Å². The van der Waals surface area contributed by atoms with Crippen LogP contribution in [0.15, 0.2) is 57.9 Å². The molecule has 2 aromatic rings. The highest BCUT2D eigenvalue weighted by atomic mass is 79.9. The molecule has 122 valence electrons. The van der Waals surface area contributed by atoms with Gasteiger partial charge in [-0.25, -0.2) is 8.42 Å². The highest BCUT2D eigenvalue weighted by Gasteiger charge is 2.20. The summed E-state index contributed by atoms with van der Waals surface area (Å²) in [4.78, 5) is 14.5. The third-order valence-corrected chi connectivity index (χ3v) is 5.62. The average molecular weight is 396 g/mol. The van der Waals surface area contributed by atoms with Gasteiger partial charge < -0.3 is 4.90 Å².